The van der Waals surface area contributed by atoms with Crippen LogP contribution in [0.2, 0.25) is 0 Å². The number of aliphatic carboxylic acids is 3. The normalized spacial score (nSPS) is 22.5. The van der Waals surface area contributed by atoms with E-state index in [0.29, 0.717) is 38.5 Å². The third-order valence-corrected chi connectivity index (χ3v) is 21.1. The van der Waals surface area contributed by atoms with Crippen LogP contribution in [0.5, 0.6) is 0 Å². The minimum atomic E-state index is -1.97. The highest BCUT2D eigenvalue weighted by atomic mass is 33.1. The van der Waals surface area contributed by atoms with E-state index in [0.717, 1.165) is 41.0 Å². The number of carbonyl (C=O) groups excluding carboxylic acids is 13. The fourth-order valence-corrected chi connectivity index (χ4v) is 14.8. The Morgan fingerprint density at radius 2 is 1.04 bits per heavy atom. The number of carbonyl (C=O) groups is 16. The highest BCUT2D eigenvalue weighted by molar-refractivity contribution is 8.76. The number of carboxylic acid groups (broad SMARTS) is 3. The van der Waals surface area contributed by atoms with Crippen LogP contribution in [0.15, 0.2) is 85.2 Å². The number of para-hydroxylation sites is 2. The summed E-state index contributed by atoms with van der Waals surface area (Å²) in [6.07, 6.45) is -1.71. The van der Waals surface area contributed by atoms with Crippen LogP contribution in [0.25, 0.3) is 21.8 Å². The number of aliphatic hydroxyl groups excluding tert-OH is 1. The highest BCUT2D eigenvalue weighted by Crippen LogP contribution is 2.27. The van der Waals surface area contributed by atoms with Crippen molar-refractivity contribution in [1.29, 1.82) is 0 Å². The van der Waals surface area contributed by atoms with Crippen LogP contribution in [-0.2, 0) is 101 Å². The molecule has 19 N–H and O–H groups in total. The molecule has 626 valence electrons. The second-order valence-electron chi connectivity index (χ2n) is 30.7. The van der Waals surface area contributed by atoms with Gasteiger partial charge >= 0.3 is 17.9 Å². The van der Waals surface area contributed by atoms with E-state index in [2.05, 4.69) is 79.1 Å². The summed E-state index contributed by atoms with van der Waals surface area (Å²) in [5.74, 6) is -20.3. The van der Waals surface area contributed by atoms with Gasteiger partial charge in [-0.25, -0.2) is 4.79 Å². The molecule has 13 amide bonds. The molecule has 0 bridgehead atoms. The number of hydrogen-bond donors (Lipinski definition) is 19. The van der Waals surface area contributed by atoms with Gasteiger partial charge in [-0.2, -0.15) is 0 Å². The minimum Gasteiger partial charge on any atom is -0.481 e. The fraction of sp³-hybridized carbons (Fsp3) is 0.513. The van der Waals surface area contributed by atoms with Crippen molar-refractivity contribution < 1.29 is 97.1 Å². The molecule has 115 heavy (non-hydrogen) atoms. The Balaban J connectivity index is 1.49. The van der Waals surface area contributed by atoms with Crippen LogP contribution in [0.1, 0.15) is 137 Å². The Hall–Kier alpha value is -11.1. The third-order valence-electron chi connectivity index (χ3n) is 18.7. The number of aromatic nitrogens is 2. The molecule has 1 fully saturated rings. The zero-order valence-corrected chi connectivity index (χ0v) is 67.9. The van der Waals surface area contributed by atoms with Crippen LogP contribution in [0.4, 0.5) is 0 Å². The second kappa shape index (κ2) is 43.4. The van der Waals surface area contributed by atoms with Crippen molar-refractivity contribution in [3.63, 3.8) is 0 Å². The molecule has 0 spiro atoms. The molecule has 0 saturated carbocycles. The zero-order chi connectivity index (χ0) is 85.3. The molecule has 1 aliphatic rings. The number of benzene rings is 3. The molecule has 1 unspecified atom stereocenters. The van der Waals surface area contributed by atoms with Gasteiger partial charge in [-0.3, -0.25) is 71.9 Å². The lowest BCUT2D eigenvalue weighted by Crippen LogP contribution is -2.61. The number of aromatic amines is 2. The van der Waals surface area contributed by atoms with Gasteiger partial charge in [-0.15, -0.1) is 0 Å². The maximum atomic E-state index is 15.3. The molecule has 1 aliphatic heterocycles. The summed E-state index contributed by atoms with van der Waals surface area (Å²) in [6, 6.07) is 1.29. The summed E-state index contributed by atoms with van der Waals surface area (Å²) in [5.41, 5.74) is 3.18. The summed E-state index contributed by atoms with van der Waals surface area (Å²) in [6.45, 7) is 18.4. The predicted octanol–water partition coefficient (Wildman–Crippen LogP) is 0.896. The fourth-order valence-electron chi connectivity index (χ4n) is 12.5. The first-order chi connectivity index (χ1) is 54.1. The molecule has 5 aromatic rings. The molecule has 3 heterocycles. The average Bonchev–Trinajstić information content (AvgIpc) is 1.73. The molecular weight excluding hydrogens is 1530 g/mol. The quantitative estimate of drug-likeness (QED) is 0.0404. The Bertz CT molecular complexity index is 4330. The lowest BCUT2D eigenvalue weighted by Gasteiger charge is -2.29. The second-order valence-corrected chi connectivity index (χ2v) is 33.2. The maximum absolute atomic E-state index is 15.3. The molecule has 2 aromatic heterocycles. The standard InChI is InChI=1S/C78H107N15O20S2/c1-38(2)26-53-67(102)81-35-61(96)84-52(24-25-62(97)98)68(103)87-54(27-39(3)4)73(108)92-64(40(5)6)76(111)89-57(31-46-34-80-51-23-16-14-21-49(46)51)71(106)91-60(75(110)93-65(42(8)94)77(112)113)37-115-114-36-59(90-72(107)58(32-63(99)100)83-43(9)95)74(109)82-41(7)66(101)85-56(30-45-33-79-50-22-15-13-20-48(45)50)70(105)88-55(69(104)86-53)29-44-18-17-19-47(28-44)78(10,11)12/h13-23,28,33-34,38-42,52-60,64-65,79-80,94H,24-27,29-32,35-37H2,1-12H3,(H,81,102)(H,82,109)(H,83,95)(H,84,96)(H,85,101)(H,86,104)(H,87,103)(H,88,105)(H,89,111)(H,90,107)(H,91,106)(H,92,108)(H,93,110)(H,97,98)(H,99,100)(H,112,113)/t41-,42+,52-,53-,54-,55-,56-,57-,58-,59-,60-,64?,65-/m0/s1. The molecular formula is C78H107N15O20S2. The molecule has 1 saturated heterocycles. The van der Waals surface area contributed by atoms with Gasteiger partial charge in [0.1, 0.15) is 66.5 Å². The molecule has 6 rings (SSSR count). The minimum absolute atomic E-state index is 0.0486. The molecule has 0 aliphatic carbocycles. The van der Waals surface area contributed by atoms with Gasteiger partial charge in [0, 0.05) is 78.3 Å². The number of H-pyrrole nitrogens is 2. The molecule has 35 nitrogen and oxygen atoms in total. The van der Waals surface area contributed by atoms with E-state index in [9.17, 15) is 82.8 Å². The van der Waals surface area contributed by atoms with Crippen LogP contribution in [0, 0.1) is 17.8 Å². The van der Waals surface area contributed by atoms with Gasteiger partial charge < -0.3 is 99.5 Å². The van der Waals surface area contributed by atoms with Crippen molar-refractivity contribution in [3.8, 4) is 0 Å². The van der Waals surface area contributed by atoms with E-state index < -0.39 is 222 Å². The lowest BCUT2D eigenvalue weighted by atomic mass is 9.85. The van der Waals surface area contributed by atoms with Gasteiger partial charge in [-0.05, 0) is 90.7 Å². The summed E-state index contributed by atoms with van der Waals surface area (Å²) < 4.78 is 0. The number of hydrogen-bond acceptors (Lipinski definition) is 19. The Kier molecular flexibility index (Phi) is 35.0. The number of carboxylic acids is 3. The van der Waals surface area contributed by atoms with Gasteiger partial charge in [0.2, 0.25) is 76.8 Å². The van der Waals surface area contributed by atoms with E-state index in [1.165, 1.54) is 6.92 Å². The average molecular weight is 1640 g/mol. The summed E-state index contributed by atoms with van der Waals surface area (Å²) in [7, 11) is 1.50. The Labute approximate surface area is 672 Å². The van der Waals surface area contributed by atoms with E-state index in [4.69, 9.17) is 0 Å². The van der Waals surface area contributed by atoms with Crippen molar-refractivity contribution in [2.75, 3.05) is 18.1 Å². The summed E-state index contributed by atoms with van der Waals surface area (Å²) >= 11 is 0. The maximum Gasteiger partial charge on any atom is 0.328 e. The lowest BCUT2D eigenvalue weighted by molar-refractivity contribution is -0.145. The topological polar surface area (TPSA) is 542 Å². The van der Waals surface area contributed by atoms with Crippen LogP contribution in [0.3, 0.4) is 0 Å². The summed E-state index contributed by atoms with van der Waals surface area (Å²) in [4.78, 5) is 231. The predicted molar refractivity (Wildman–Crippen MR) is 427 cm³/mol. The molecule has 3 aromatic carbocycles. The van der Waals surface area contributed by atoms with E-state index in [1.807, 2.05) is 32.9 Å². The first kappa shape index (κ1) is 92.8. The number of nitrogens with one attached hydrogen (secondary N) is 15. The van der Waals surface area contributed by atoms with Crippen molar-refractivity contribution in [1.82, 2.24) is 79.1 Å². The van der Waals surface area contributed by atoms with Gasteiger partial charge in [0.05, 0.1) is 19.1 Å². The van der Waals surface area contributed by atoms with E-state index in [-0.39, 0.29) is 43.9 Å². The van der Waals surface area contributed by atoms with Crippen molar-refractivity contribution >= 4 is 138 Å². The third kappa shape index (κ3) is 29.1. The van der Waals surface area contributed by atoms with E-state index in [1.54, 1.807) is 115 Å². The van der Waals surface area contributed by atoms with Crippen molar-refractivity contribution in [2.24, 2.45) is 17.8 Å². The van der Waals surface area contributed by atoms with Gasteiger partial charge in [-0.1, -0.05) is 145 Å². The SMILES string of the molecule is CC(=O)N[C@@H](CC(=O)O)C(=O)N[C@H]1CSSC[C@@H](C(=O)N[C@H](C(=O)O)[C@@H](C)O)NC(=O)[C@H](Cc2c[nH]c3ccccc23)NC(=O)C(C(C)C)NC(=O)[C@H](CC(C)C)NC(=O)[C@H](CCC(=O)O)NC(=O)CNC(=O)[C@H](CC(C)C)NC(=O)[C@H](Cc2cccc(C(C)(C)C)c2)NC(=O)[C@H](Cc2c[nH]c3ccccc23)NC(=O)[C@H](C)NC1=O. The van der Waals surface area contributed by atoms with E-state index >= 15 is 14.4 Å². The number of fused-ring (bicyclic) bond motifs is 2. The van der Waals surface area contributed by atoms with Crippen molar-refractivity contribution in [2.45, 2.75) is 218 Å². The van der Waals surface area contributed by atoms with Gasteiger partial charge in [0.15, 0.2) is 6.04 Å². The molecule has 0 radical (unpaired) electrons. The number of rotatable bonds is 23. The highest BCUT2D eigenvalue weighted by Gasteiger charge is 2.39. The Morgan fingerprint density at radius 1 is 0.539 bits per heavy atom. The van der Waals surface area contributed by atoms with Gasteiger partial charge in [0.25, 0.3) is 0 Å². The van der Waals surface area contributed by atoms with Crippen LogP contribution in [-0.4, -0.2) is 222 Å². The Morgan fingerprint density at radius 3 is 1.57 bits per heavy atom. The van der Waals surface area contributed by atoms with Crippen molar-refractivity contribution in [3.05, 3.63) is 107 Å². The zero-order valence-electron chi connectivity index (χ0n) is 66.2. The monoisotopic (exact) mass is 1640 g/mol. The first-order valence-corrected chi connectivity index (χ1v) is 40.2. The largest absolute Gasteiger partial charge is 0.481 e. The number of aliphatic hydroxyl groups is 1. The van der Waals surface area contributed by atoms with Crippen LogP contribution < -0.4 is 69.1 Å². The molecule has 37 heteroatoms. The molecule has 13 atom stereocenters. The number of amides is 13. The van der Waals surface area contributed by atoms with Crippen LogP contribution >= 0.6 is 21.6 Å². The first-order valence-electron chi connectivity index (χ1n) is 37.7. The smallest absolute Gasteiger partial charge is 0.328 e. The summed E-state index contributed by atoms with van der Waals surface area (Å²) in [5, 5.41) is 74.5.